The summed E-state index contributed by atoms with van der Waals surface area (Å²) in [5.74, 6) is -3.74. The topological polar surface area (TPSA) is 55.6 Å². The normalized spacial score (nSPS) is 35.9. The Hall–Kier alpha value is -0.910. The molecule has 0 aromatic heterocycles. The van der Waals surface area contributed by atoms with Gasteiger partial charge in [-0.05, 0) is 20.8 Å². The summed E-state index contributed by atoms with van der Waals surface area (Å²) in [6, 6.07) is 0. The largest absolute Gasteiger partial charge is 0.444 e. The van der Waals surface area contributed by atoms with Crippen LogP contribution in [0.2, 0.25) is 0 Å². The van der Waals surface area contributed by atoms with Gasteiger partial charge in [0.2, 0.25) is 0 Å². The minimum absolute atomic E-state index is 0.0155. The van der Waals surface area contributed by atoms with E-state index in [0.29, 0.717) is 0 Å². The lowest BCUT2D eigenvalue weighted by Crippen LogP contribution is -2.44. The second-order valence-electron chi connectivity index (χ2n) is 5.58. The number of nitrogens with zero attached hydrogens (tertiary/aromatic N) is 1. The van der Waals surface area contributed by atoms with Crippen molar-refractivity contribution in [3.05, 3.63) is 0 Å². The van der Waals surface area contributed by atoms with Crippen LogP contribution in [0, 0.1) is 5.92 Å². The van der Waals surface area contributed by atoms with Crippen molar-refractivity contribution in [2.45, 2.75) is 37.8 Å². The van der Waals surface area contributed by atoms with Crippen molar-refractivity contribution in [1.82, 2.24) is 4.90 Å². The van der Waals surface area contributed by atoms with Crippen LogP contribution in [0.5, 0.6) is 0 Å². The van der Waals surface area contributed by atoms with Crippen molar-refractivity contribution >= 4 is 6.09 Å². The number of alkyl halides is 2. The van der Waals surface area contributed by atoms with Gasteiger partial charge >= 0.3 is 6.09 Å². The Bertz CT molecular complexity index is 340. The Labute approximate surface area is 92.7 Å². The molecule has 2 unspecified atom stereocenters. The van der Waals surface area contributed by atoms with Crippen molar-refractivity contribution in [1.29, 1.82) is 0 Å². The Balaban J connectivity index is 1.96. The van der Waals surface area contributed by atoms with Crippen LogP contribution in [0.4, 0.5) is 13.6 Å². The van der Waals surface area contributed by atoms with E-state index in [4.69, 9.17) is 10.5 Å². The van der Waals surface area contributed by atoms with Crippen molar-refractivity contribution in [2.24, 2.45) is 11.7 Å². The number of amides is 1. The van der Waals surface area contributed by atoms with Crippen molar-refractivity contribution in [3.63, 3.8) is 0 Å². The molecule has 0 radical (unpaired) electrons. The lowest BCUT2D eigenvalue weighted by molar-refractivity contribution is 0.00942. The lowest BCUT2D eigenvalue weighted by atomic mass is 10.2. The van der Waals surface area contributed by atoms with Gasteiger partial charge in [0.15, 0.2) is 0 Å². The number of carbonyl (C=O) groups excluding carboxylic acids is 1. The van der Waals surface area contributed by atoms with E-state index in [9.17, 15) is 13.6 Å². The zero-order chi connectivity index (χ0) is 12.4. The van der Waals surface area contributed by atoms with Crippen molar-refractivity contribution in [2.75, 3.05) is 13.1 Å². The van der Waals surface area contributed by atoms with Crippen molar-refractivity contribution < 1.29 is 18.3 Å². The molecule has 6 heteroatoms. The van der Waals surface area contributed by atoms with Crippen molar-refractivity contribution in [3.8, 4) is 0 Å². The molecule has 92 valence electrons. The van der Waals surface area contributed by atoms with E-state index in [1.165, 1.54) is 4.90 Å². The molecular formula is C10H16F2N2O2. The molecule has 2 aliphatic rings. The summed E-state index contributed by atoms with van der Waals surface area (Å²) in [5, 5.41) is 0. The molecule has 1 aliphatic heterocycles. The number of carbonyl (C=O) groups is 1. The summed E-state index contributed by atoms with van der Waals surface area (Å²) < 4.78 is 31.3. The Morgan fingerprint density at radius 3 is 2.44 bits per heavy atom. The molecule has 1 amide bonds. The molecule has 2 atom stereocenters. The summed E-state index contributed by atoms with van der Waals surface area (Å²) >= 11 is 0. The van der Waals surface area contributed by atoms with Gasteiger partial charge in [0.25, 0.3) is 5.92 Å². The predicted octanol–water partition coefficient (Wildman–Crippen LogP) is 1.20. The van der Waals surface area contributed by atoms with Crippen LogP contribution in [0.15, 0.2) is 0 Å². The zero-order valence-electron chi connectivity index (χ0n) is 9.59. The number of likely N-dealkylation sites (tertiary alicyclic amines) is 1. The maximum absolute atomic E-state index is 13.1. The van der Waals surface area contributed by atoms with Gasteiger partial charge in [-0.1, -0.05) is 0 Å². The summed E-state index contributed by atoms with van der Waals surface area (Å²) in [6.07, 6.45) is -0.569. The molecule has 1 aliphatic carbocycles. The highest BCUT2D eigenvalue weighted by molar-refractivity contribution is 5.69. The molecule has 1 saturated carbocycles. The highest BCUT2D eigenvalue weighted by Crippen LogP contribution is 2.60. The number of piperidine rings is 1. The molecule has 2 N–H and O–H groups in total. The highest BCUT2D eigenvalue weighted by Gasteiger charge is 2.82. The number of rotatable bonds is 0. The fourth-order valence-electron chi connectivity index (χ4n) is 2.11. The molecular weight excluding hydrogens is 218 g/mol. The van der Waals surface area contributed by atoms with Gasteiger partial charge in [0.1, 0.15) is 11.1 Å². The van der Waals surface area contributed by atoms with E-state index >= 15 is 0 Å². The first kappa shape index (κ1) is 11.6. The first-order chi connectivity index (χ1) is 7.08. The molecule has 1 saturated heterocycles. The number of hydrogen-bond acceptors (Lipinski definition) is 3. The first-order valence-corrected chi connectivity index (χ1v) is 5.22. The van der Waals surface area contributed by atoms with E-state index in [2.05, 4.69) is 0 Å². The van der Waals surface area contributed by atoms with E-state index in [1.807, 2.05) is 0 Å². The van der Waals surface area contributed by atoms with Gasteiger partial charge < -0.3 is 15.4 Å². The van der Waals surface area contributed by atoms with E-state index < -0.39 is 29.1 Å². The Morgan fingerprint density at radius 2 is 2.06 bits per heavy atom. The minimum Gasteiger partial charge on any atom is -0.444 e. The number of halogens is 2. The zero-order valence-corrected chi connectivity index (χ0v) is 9.59. The monoisotopic (exact) mass is 234 g/mol. The number of fused-ring (bicyclic) bond motifs is 1. The van der Waals surface area contributed by atoms with Crippen LogP contribution >= 0.6 is 0 Å². The quantitative estimate of drug-likeness (QED) is 0.685. The van der Waals surface area contributed by atoms with Crippen LogP contribution < -0.4 is 5.73 Å². The summed E-state index contributed by atoms with van der Waals surface area (Å²) in [5.41, 5.74) is 3.38. The van der Waals surface area contributed by atoms with Gasteiger partial charge in [-0.15, -0.1) is 0 Å². The second kappa shape index (κ2) is 2.85. The Morgan fingerprint density at radius 1 is 1.50 bits per heavy atom. The minimum atomic E-state index is -2.83. The SMILES string of the molecule is CC(C)(C)OC(=O)N1CC2C(F)(F)C2(N)C1. The fourth-order valence-corrected chi connectivity index (χ4v) is 2.11. The third-order valence-corrected chi connectivity index (χ3v) is 3.10. The van der Waals surface area contributed by atoms with Gasteiger partial charge in [-0.3, -0.25) is 0 Å². The predicted molar refractivity (Wildman–Crippen MR) is 53.2 cm³/mol. The average molecular weight is 234 g/mol. The fraction of sp³-hybridized carbons (Fsp3) is 0.900. The van der Waals surface area contributed by atoms with Crippen LogP contribution in [0.25, 0.3) is 0 Å². The Kier molecular flexibility index (Phi) is 2.06. The van der Waals surface area contributed by atoms with Crippen LogP contribution in [0.3, 0.4) is 0 Å². The average Bonchev–Trinajstić information content (AvgIpc) is 2.43. The molecule has 16 heavy (non-hydrogen) atoms. The third-order valence-electron chi connectivity index (χ3n) is 3.10. The van der Waals surface area contributed by atoms with Gasteiger partial charge in [0, 0.05) is 13.1 Å². The third kappa shape index (κ3) is 1.47. The van der Waals surface area contributed by atoms with Crippen LogP contribution in [0.1, 0.15) is 20.8 Å². The van der Waals surface area contributed by atoms with E-state index in [-0.39, 0.29) is 13.1 Å². The lowest BCUT2D eigenvalue weighted by Gasteiger charge is -2.26. The second-order valence-corrected chi connectivity index (χ2v) is 5.58. The molecule has 0 spiro atoms. The molecule has 1 heterocycles. The molecule has 4 nitrogen and oxygen atoms in total. The van der Waals surface area contributed by atoms with E-state index in [1.54, 1.807) is 20.8 Å². The molecule has 0 aromatic carbocycles. The van der Waals surface area contributed by atoms with Gasteiger partial charge in [-0.2, -0.15) is 0 Å². The first-order valence-electron chi connectivity index (χ1n) is 5.22. The number of ether oxygens (including phenoxy) is 1. The molecule has 2 fully saturated rings. The maximum atomic E-state index is 13.1. The van der Waals surface area contributed by atoms with Crippen LogP contribution in [-0.2, 0) is 4.74 Å². The summed E-state index contributed by atoms with van der Waals surface area (Å²) in [7, 11) is 0. The maximum Gasteiger partial charge on any atom is 0.410 e. The molecule has 0 aromatic rings. The highest BCUT2D eigenvalue weighted by atomic mass is 19.3. The number of hydrogen-bond donors (Lipinski definition) is 1. The van der Waals surface area contributed by atoms with Gasteiger partial charge in [0.05, 0.1) is 5.92 Å². The summed E-state index contributed by atoms with van der Waals surface area (Å²) in [4.78, 5) is 12.8. The van der Waals surface area contributed by atoms with E-state index in [0.717, 1.165) is 0 Å². The van der Waals surface area contributed by atoms with Gasteiger partial charge in [-0.25, -0.2) is 13.6 Å². The smallest absolute Gasteiger partial charge is 0.410 e. The molecule has 2 rings (SSSR count). The standard InChI is InChI=1S/C10H16F2N2O2/c1-8(2,3)16-7(15)14-4-6-9(13,5-14)10(6,11)12/h6H,4-5,13H2,1-3H3. The summed E-state index contributed by atoms with van der Waals surface area (Å²) in [6.45, 7) is 5.05. The van der Waals surface area contributed by atoms with Crippen LogP contribution in [-0.4, -0.2) is 41.1 Å². The molecule has 0 bridgehead atoms. The number of nitrogens with two attached hydrogens (primary N) is 1.